The van der Waals surface area contributed by atoms with Crippen molar-refractivity contribution < 1.29 is 29.5 Å². The van der Waals surface area contributed by atoms with Crippen LogP contribution in [0.2, 0.25) is 0 Å². The van der Waals surface area contributed by atoms with Gasteiger partial charge in [-0.1, -0.05) is 0 Å². The molecule has 0 N–H and O–H groups in total. The van der Waals surface area contributed by atoms with Crippen LogP contribution in [0.4, 0.5) is 0 Å². The zero-order valence-electron chi connectivity index (χ0n) is 8.42. The van der Waals surface area contributed by atoms with Gasteiger partial charge < -0.3 is 0 Å². The van der Waals surface area contributed by atoms with Gasteiger partial charge in [-0.25, -0.2) is 0 Å². The zero-order valence-corrected chi connectivity index (χ0v) is 12.5. The maximum atomic E-state index is 5.73. The number of rotatable bonds is 2. The van der Waals surface area contributed by atoms with E-state index in [1.54, 1.807) is 0 Å². The molecule has 2 aromatic rings. The van der Waals surface area contributed by atoms with Crippen LogP contribution in [-0.2, 0) is 24.7 Å². The zero-order chi connectivity index (χ0) is 9.80. The Hall–Kier alpha value is -0.297. The van der Waals surface area contributed by atoms with E-state index >= 15 is 0 Å². The molecular weight excluding hydrogens is 322 g/mol. The molecule has 0 spiro atoms. The summed E-state index contributed by atoms with van der Waals surface area (Å²) >= 11 is 1.37. The second-order valence-corrected chi connectivity index (χ2v) is 4.24. The van der Waals surface area contributed by atoms with Crippen molar-refractivity contribution in [2.75, 3.05) is 0 Å². The molecule has 83 valence electrons. The molecule has 0 saturated heterocycles. The van der Waals surface area contributed by atoms with Gasteiger partial charge in [0.2, 0.25) is 0 Å². The first-order valence-electron chi connectivity index (χ1n) is 4.40. The monoisotopic (exact) mass is 331 g/mol. The van der Waals surface area contributed by atoms with Gasteiger partial charge in [-0.05, 0) is 0 Å². The van der Waals surface area contributed by atoms with E-state index in [0.717, 1.165) is 11.5 Å². The first-order valence-corrected chi connectivity index (χ1v) is 5.63. The van der Waals surface area contributed by atoms with Crippen LogP contribution in [0.15, 0.2) is 54.6 Å². The molecule has 0 unspecified atom stereocenters. The van der Waals surface area contributed by atoms with Crippen molar-refractivity contribution in [3.8, 4) is 11.5 Å². The van der Waals surface area contributed by atoms with E-state index in [1.165, 1.54) is 28.0 Å². The average Bonchev–Trinajstić information content (AvgIpc) is 2.23. The Balaban J connectivity index is 0.00000112. The number of hydrogen-bond acceptors (Lipinski definition) is 1. The van der Waals surface area contributed by atoms with Gasteiger partial charge in [0.15, 0.2) is 0 Å². The molecule has 0 saturated carbocycles. The molecule has 0 fully saturated rings. The minimum absolute atomic E-state index is 0. The van der Waals surface area contributed by atoms with Crippen molar-refractivity contribution in [2.45, 2.75) is 0 Å². The summed E-state index contributed by atoms with van der Waals surface area (Å²) < 4.78 is 6.97. The van der Waals surface area contributed by atoms with Gasteiger partial charge >= 0.3 is 98.8 Å². The Morgan fingerprint density at radius 2 is 1.31 bits per heavy atom. The van der Waals surface area contributed by atoms with Crippen LogP contribution in [0.25, 0.3) is 0 Å². The summed E-state index contributed by atoms with van der Waals surface area (Å²) in [6, 6.07) is 17.9. The second kappa shape index (κ2) is 7.89. The quantitative estimate of drug-likeness (QED) is 0.817. The molecular formula is C12H11Cl2OZr. The fraction of sp³-hybridized carbons (Fsp3) is 0. The van der Waals surface area contributed by atoms with Crippen molar-refractivity contribution >= 4 is 28.1 Å². The normalized spacial score (nSPS) is 8.44. The predicted molar refractivity (Wildman–Crippen MR) is 67.1 cm³/mol. The molecule has 1 nitrogen and oxygen atoms in total. The van der Waals surface area contributed by atoms with E-state index in [2.05, 4.69) is 6.07 Å². The van der Waals surface area contributed by atoms with Gasteiger partial charge in [-0.15, -0.1) is 24.8 Å². The van der Waals surface area contributed by atoms with Gasteiger partial charge in [0.25, 0.3) is 0 Å². The van der Waals surface area contributed by atoms with Crippen LogP contribution in [0.3, 0.4) is 0 Å². The number of hydrogen-bond donors (Lipinski definition) is 0. The van der Waals surface area contributed by atoms with Crippen LogP contribution in [0, 0.1) is 0 Å². The van der Waals surface area contributed by atoms with Crippen molar-refractivity contribution in [2.24, 2.45) is 0 Å². The number of para-hydroxylation sites is 2. The van der Waals surface area contributed by atoms with Crippen LogP contribution >= 0.6 is 24.8 Å². The molecule has 0 aliphatic heterocycles. The Morgan fingerprint density at radius 3 is 1.94 bits per heavy atom. The Morgan fingerprint density at radius 1 is 0.750 bits per heavy atom. The topological polar surface area (TPSA) is 9.23 Å². The molecule has 0 atom stereocenters. The summed E-state index contributed by atoms with van der Waals surface area (Å²) in [5, 5.41) is 0. The van der Waals surface area contributed by atoms with E-state index < -0.39 is 0 Å². The van der Waals surface area contributed by atoms with Crippen LogP contribution in [0.1, 0.15) is 0 Å². The summed E-state index contributed by atoms with van der Waals surface area (Å²) in [7, 11) is 0. The SMILES string of the molecule is Cl.Cl.[Zr][c]1ccccc1Oc1ccccc1. The van der Waals surface area contributed by atoms with Gasteiger partial charge in [0, 0.05) is 0 Å². The summed E-state index contributed by atoms with van der Waals surface area (Å²) in [6.07, 6.45) is 0. The van der Waals surface area contributed by atoms with Crippen LogP contribution in [-0.4, -0.2) is 0 Å². The molecule has 0 amide bonds. The summed E-state index contributed by atoms with van der Waals surface area (Å²) in [5.41, 5.74) is 0. The van der Waals surface area contributed by atoms with Crippen molar-refractivity contribution in [1.82, 2.24) is 0 Å². The fourth-order valence-corrected chi connectivity index (χ4v) is 1.74. The molecule has 0 radical (unpaired) electrons. The number of halogens is 2. The molecule has 16 heavy (non-hydrogen) atoms. The van der Waals surface area contributed by atoms with Crippen molar-refractivity contribution in [1.29, 1.82) is 0 Å². The molecule has 0 aromatic heterocycles. The molecule has 0 aliphatic carbocycles. The molecule has 0 aliphatic rings. The van der Waals surface area contributed by atoms with E-state index in [4.69, 9.17) is 4.74 Å². The summed E-state index contributed by atoms with van der Waals surface area (Å²) in [4.78, 5) is 0. The number of benzene rings is 2. The summed E-state index contributed by atoms with van der Waals surface area (Å²) in [6.45, 7) is 0. The Bertz CT molecular complexity index is 420. The Kier molecular flexibility index (Phi) is 7.75. The second-order valence-electron chi connectivity index (χ2n) is 2.91. The first kappa shape index (κ1) is 15.7. The number of ether oxygens (including phenoxy) is 1. The van der Waals surface area contributed by atoms with E-state index in [9.17, 15) is 0 Å². The minimum atomic E-state index is 0. The first-order chi connectivity index (χ1) is 6.86. The maximum absolute atomic E-state index is 5.73. The predicted octanol–water partition coefficient (Wildman–Crippen LogP) is 3.49. The van der Waals surface area contributed by atoms with Crippen molar-refractivity contribution in [3.63, 3.8) is 0 Å². The third-order valence-corrected chi connectivity index (χ3v) is 2.87. The van der Waals surface area contributed by atoms with Gasteiger partial charge in [-0.2, -0.15) is 0 Å². The third kappa shape index (κ3) is 4.29. The fourth-order valence-electron chi connectivity index (χ4n) is 1.17. The summed E-state index contributed by atoms with van der Waals surface area (Å²) in [5.74, 6) is 1.85. The van der Waals surface area contributed by atoms with E-state index in [1.807, 2.05) is 48.5 Å². The van der Waals surface area contributed by atoms with Crippen LogP contribution < -0.4 is 8.01 Å². The van der Waals surface area contributed by atoms with Crippen LogP contribution in [0.5, 0.6) is 11.5 Å². The molecule has 2 aromatic carbocycles. The van der Waals surface area contributed by atoms with Gasteiger partial charge in [0.05, 0.1) is 0 Å². The van der Waals surface area contributed by atoms with E-state index in [0.29, 0.717) is 0 Å². The third-order valence-electron chi connectivity index (χ3n) is 1.86. The van der Waals surface area contributed by atoms with E-state index in [-0.39, 0.29) is 24.8 Å². The Labute approximate surface area is 123 Å². The van der Waals surface area contributed by atoms with Gasteiger partial charge in [-0.3, -0.25) is 0 Å². The molecule has 2 rings (SSSR count). The standard InChI is InChI=1S/C12H9O.2ClH.Zr/c1-3-7-11(8-4-1)13-12-9-5-2-6-10-12;;;/h1-9H;2*1H;. The average molecular weight is 333 g/mol. The molecule has 4 heteroatoms. The van der Waals surface area contributed by atoms with Gasteiger partial charge in [0.1, 0.15) is 0 Å². The molecule has 0 heterocycles. The molecule has 0 bridgehead atoms. The van der Waals surface area contributed by atoms with Crippen molar-refractivity contribution in [3.05, 3.63) is 54.6 Å².